The van der Waals surface area contributed by atoms with E-state index in [2.05, 4.69) is 5.32 Å². The van der Waals surface area contributed by atoms with Crippen LogP contribution in [0.1, 0.15) is 11.1 Å². The van der Waals surface area contributed by atoms with Crippen LogP contribution in [0.5, 0.6) is 0 Å². The summed E-state index contributed by atoms with van der Waals surface area (Å²) in [5, 5.41) is 12.6. The van der Waals surface area contributed by atoms with Gasteiger partial charge >= 0.3 is 6.18 Å². The summed E-state index contributed by atoms with van der Waals surface area (Å²) in [7, 11) is -3.45. The van der Waals surface area contributed by atoms with Crippen molar-refractivity contribution < 1.29 is 31.5 Å². The fourth-order valence-corrected chi connectivity index (χ4v) is 5.26. The minimum absolute atomic E-state index is 0.0194. The number of aliphatic hydroxyl groups excluding tert-OH is 1. The number of carbonyl (C=O) groups excluding carboxylic acids is 1. The van der Waals surface area contributed by atoms with E-state index in [-0.39, 0.29) is 24.5 Å². The molecule has 1 aliphatic heterocycles. The van der Waals surface area contributed by atoms with Gasteiger partial charge in [0.05, 0.1) is 35.8 Å². The van der Waals surface area contributed by atoms with Crippen molar-refractivity contribution in [3.8, 4) is 0 Å². The number of hydrogen-bond donors (Lipinski definition) is 2. The van der Waals surface area contributed by atoms with Crippen molar-refractivity contribution in [1.29, 1.82) is 0 Å². The monoisotopic (exact) mass is 442 g/mol. The maximum Gasteiger partial charge on any atom is 0.416 e. The van der Waals surface area contributed by atoms with E-state index in [9.17, 15) is 31.5 Å². The van der Waals surface area contributed by atoms with Crippen LogP contribution in [0.15, 0.2) is 54.6 Å². The summed E-state index contributed by atoms with van der Waals surface area (Å²) in [5.41, 5.74) is -0.103. The van der Waals surface area contributed by atoms with Crippen LogP contribution >= 0.6 is 0 Å². The standard InChI is InChI=1S/C20H21F3N2O4S/c21-20(22,23)15-7-4-8-16(9-15)24-19(27)11-25(10-14-5-2-1-3-6-14)17-12-30(28,29)13-18(17)26/h1-9,17-18,26H,10-13H2,(H,24,27). The summed E-state index contributed by atoms with van der Waals surface area (Å²) < 4.78 is 62.5. The Hall–Kier alpha value is -2.43. The van der Waals surface area contributed by atoms with Gasteiger partial charge in [-0.1, -0.05) is 36.4 Å². The summed E-state index contributed by atoms with van der Waals surface area (Å²) in [5.74, 6) is -1.29. The number of benzene rings is 2. The van der Waals surface area contributed by atoms with Gasteiger partial charge in [-0.05, 0) is 23.8 Å². The smallest absolute Gasteiger partial charge is 0.390 e. The maximum atomic E-state index is 12.9. The molecule has 0 saturated carbocycles. The number of nitrogens with one attached hydrogen (secondary N) is 1. The fourth-order valence-electron chi connectivity index (χ4n) is 3.43. The van der Waals surface area contributed by atoms with Gasteiger partial charge in [-0.2, -0.15) is 13.2 Å². The molecule has 0 bridgehead atoms. The Morgan fingerprint density at radius 3 is 2.40 bits per heavy atom. The Labute approximate surface area is 172 Å². The van der Waals surface area contributed by atoms with Crippen LogP contribution in [0.4, 0.5) is 18.9 Å². The van der Waals surface area contributed by atoms with Crippen molar-refractivity contribution in [2.24, 2.45) is 0 Å². The number of carbonyl (C=O) groups is 1. The van der Waals surface area contributed by atoms with Crippen LogP contribution in [0.3, 0.4) is 0 Å². The average molecular weight is 442 g/mol. The van der Waals surface area contributed by atoms with E-state index in [0.717, 1.165) is 17.7 Å². The number of amides is 1. The molecule has 30 heavy (non-hydrogen) atoms. The third-order valence-electron chi connectivity index (χ3n) is 4.81. The number of anilines is 1. The SMILES string of the molecule is O=C(CN(Cc1ccccc1)C1CS(=O)(=O)CC1O)Nc1cccc(C(F)(F)F)c1. The van der Waals surface area contributed by atoms with Gasteiger partial charge in [0.15, 0.2) is 9.84 Å². The van der Waals surface area contributed by atoms with Crippen molar-refractivity contribution in [2.75, 3.05) is 23.4 Å². The van der Waals surface area contributed by atoms with Crippen molar-refractivity contribution in [3.63, 3.8) is 0 Å². The van der Waals surface area contributed by atoms with E-state index < -0.39 is 45.4 Å². The second kappa shape index (κ2) is 8.75. The molecule has 0 aromatic heterocycles. The van der Waals surface area contributed by atoms with Crippen molar-refractivity contribution >= 4 is 21.4 Å². The first-order chi connectivity index (χ1) is 14.0. The van der Waals surface area contributed by atoms with E-state index in [4.69, 9.17) is 0 Å². The Morgan fingerprint density at radius 2 is 1.80 bits per heavy atom. The second-order valence-electron chi connectivity index (χ2n) is 7.23. The lowest BCUT2D eigenvalue weighted by Crippen LogP contribution is -2.46. The molecule has 10 heteroatoms. The largest absolute Gasteiger partial charge is 0.416 e. The first-order valence-electron chi connectivity index (χ1n) is 9.17. The number of sulfone groups is 1. The third kappa shape index (κ3) is 5.80. The molecular formula is C20H21F3N2O4S. The highest BCUT2D eigenvalue weighted by molar-refractivity contribution is 7.91. The summed E-state index contributed by atoms with van der Waals surface area (Å²) in [6.45, 7) is -0.0868. The third-order valence-corrected chi connectivity index (χ3v) is 6.51. The average Bonchev–Trinajstić information content (AvgIpc) is 2.94. The van der Waals surface area contributed by atoms with Gasteiger partial charge in [0.1, 0.15) is 0 Å². The number of aliphatic hydroxyl groups is 1. The number of rotatable bonds is 6. The van der Waals surface area contributed by atoms with E-state index in [1.165, 1.54) is 17.0 Å². The van der Waals surface area contributed by atoms with Gasteiger partial charge in [-0.25, -0.2) is 8.42 Å². The Balaban J connectivity index is 1.76. The van der Waals surface area contributed by atoms with Gasteiger partial charge in [0.2, 0.25) is 5.91 Å². The minimum Gasteiger partial charge on any atom is -0.390 e. The number of alkyl halides is 3. The first kappa shape index (κ1) is 22.3. The molecule has 2 aromatic rings. The molecule has 6 nitrogen and oxygen atoms in total. The molecule has 2 unspecified atom stereocenters. The zero-order valence-corrected chi connectivity index (χ0v) is 16.7. The van der Waals surface area contributed by atoms with Gasteiger partial charge in [0.25, 0.3) is 0 Å². The molecule has 1 heterocycles. The number of nitrogens with zero attached hydrogens (tertiary/aromatic N) is 1. The van der Waals surface area contributed by atoms with Crippen LogP contribution < -0.4 is 5.32 Å². The molecule has 2 aromatic carbocycles. The van der Waals surface area contributed by atoms with E-state index in [1.807, 2.05) is 6.07 Å². The molecule has 1 amide bonds. The van der Waals surface area contributed by atoms with Crippen molar-refractivity contribution in [2.45, 2.75) is 24.9 Å². The lowest BCUT2D eigenvalue weighted by molar-refractivity contribution is -0.137. The van der Waals surface area contributed by atoms with Crippen molar-refractivity contribution in [3.05, 3.63) is 65.7 Å². The lowest BCUT2D eigenvalue weighted by atomic mass is 10.1. The lowest BCUT2D eigenvalue weighted by Gasteiger charge is -2.29. The minimum atomic E-state index is -4.54. The second-order valence-corrected chi connectivity index (χ2v) is 9.38. The maximum absolute atomic E-state index is 12.9. The molecule has 1 aliphatic rings. The zero-order chi connectivity index (χ0) is 21.9. The van der Waals surface area contributed by atoms with Gasteiger partial charge < -0.3 is 10.4 Å². The van der Waals surface area contributed by atoms with E-state index >= 15 is 0 Å². The molecule has 2 atom stereocenters. The van der Waals surface area contributed by atoms with Crippen LogP contribution in [0, 0.1) is 0 Å². The highest BCUT2D eigenvalue weighted by Gasteiger charge is 2.40. The molecule has 1 saturated heterocycles. The Bertz CT molecular complexity index is 997. The molecule has 0 spiro atoms. The molecule has 0 aliphatic carbocycles. The normalized spacial score (nSPS) is 21.0. The quantitative estimate of drug-likeness (QED) is 0.717. The Morgan fingerprint density at radius 1 is 1.10 bits per heavy atom. The first-order valence-corrected chi connectivity index (χ1v) is 11.0. The molecule has 162 valence electrons. The zero-order valence-electron chi connectivity index (χ0n) is 15.8. The summed E-state index contributed by atoms with van der Waals surface area (Å²) in [6, 6.07) is 12.4. The topological polar surface area (TPSA) is 86.7 Å². The van der Waals surface area contributed by atoms with Crippen molar-refractivity contribution in [1.82, 2.24) is 4.90 Å². The highest BCUT2D eigenvalue weighted by atomic mass is 32.2. The summed E-state index contributed by atoms with van der Waals surface area (Å²) in [4.78, 5) is 14.1. The number of halogens is 3. The highest BCUT2D eigenvalue weighted by Crippen LogP contribution is 2.30. The summed E-state index contributed by atoms with van der Waals surface area (Å²) in [6.07, 6.45) is -5.69. The van der Waals surface area contributed by atoms with E-state index in [0.29, 0.717) is 0 Å². The molecule has 3 rings (SSSR count). The predicted octanol–water partition coefficient (Wildman–Crippen LogP) is 2.30. The predicted molar refractivity (Wildman–Crippen MR) is 105 cm³/mol. The van der Waals surface area contributed by atoms with Gasteiger partial charge in [0, 0.05) is 12.2 Å². The number of hydrogen-bond acceptors (Lipinski definition) is 5. The fraction of sp³-hybridized carbons (Fsp3) is 0.350. The van der Waals surface area contributed by atoms with Crippen LogP contribution in [0.25, 0.3) is 0 Å². The molecular weight excluding hydrogens is 421 g/mol. The van der Waals surface area contributed by atoms with Crippen LogP contribution in [-0.4, -0.2) is 54.5 Å². The van der Waals surface area contributed by atoms with E-state index in [1.54, 1.807) is 24.3 Å². The van der Waals surface area contributed by atoms with Gasteiger partial charge in [-0.15, -0.1) is 0 Å². The van der Waals surface area contributed by atoms with Crippen LogP contribution in [0.2, 0.25) is 0 Å². The molecule has 1 fully saturated rings. The summed E-state index contributed by atoms with van der Waals surface area (Å²) >= 11 is 0. The van der Waals surface area contributed by atoms with Gasteiger partial charge in [-0.3, -0.25) is 9.69 Å². The Kier molecular flexibility index (Phi) is 6.49. The molecule has 2 N–H and O–H groups in total. The molecule has 0 radical (unpaired) electrons. The van der Waals surface area contributed by atoms with Crippen LogP contribution in [-0.2, 0) is 27.4 Å².